The highest BCUT2D eigenvalue weighted by molar-refractivity contribution is 14.0. The van der Waals surface area contributed by atoms with Crippen molar-refractivity contribution in [3.63, 3.8) is 0 Å². The number of nitrogens with zero attached hydrogens (tertiary/aromatic N) is 1. The van der Waals surface area contributed by atoms with E-state index in [1.165, 1.54) is 0 Å². The first kappa shape index (κ1) is 26.0. The Kier molecular flexibility index (Phi) is 15.9. The fourth-order valence-electron chi connectivity index (χ4n) is 3.00. The lowest BCUT2D eigenvalue weighted by molar-refractivity contribution is 0.0205. The third-order valence-electron chi connectivity index (χ3n) is 4.63. The van der Waals surface area contributed by atoms with Crippen molar-refractivity contribution in [3.8, 4) is 5.75 Å². The van der Waals surface area contributed by atoms with E-state index < -0.39 is 0 Å². The molecule has 2 N–H and O–H groups in total. The maximum absolute atomic E-state index is 5.80. The minimum absolute atomic E-state index is 0. The summed E-state index contributed by atoms with van der Waals surface area (Å²) >= 11 is 0. The molecule has 1 aromatic rings. The summed E-state index contributed by atoms with van der Waals surface area (Å²) in [6.45, 7) is 8.76. The Hall–Kier alpha value is -1.06. The predicted molar refractivity (Wildman–Crippen MR) is 130 cm³/mol. The van der Waals surface area contributed by atoms with Gasteiger partial charge in [-0.2, -0.15) is 0 Å². The SMILES string of the molecule is CCNC(=NCCCOCC1CCOCC1)NCCCCOc1ccccc1.I. The fraction of sp³-hybridized carbons (Fsp3) is 0.682. The summed E-state index contributed by atoms with van der Waals surface area (Å²) in [5.41, 5.74) is 0. The summed E-state index contributed by atoms with van der Waals surface area (Å²) < 4.78 is 16.9. The average Bonchev–Trinajstić information content (AvgIpc) is 2.74. The molecule has 2 rings (SSSR count). The van der Waals surface area contributed by atoms with E-state index in [0.29, 0.717) is 5.92 Å². The van der Waals surface area contributed by atoms with Crippen molar-refractivity contribution in [2.24, 2.45) is 10.9 Å². The molecule has 6 nitrogen and oxygen atoms in total. The maximum atomic E-state index is 5.80. The molecular weight excluding hydrogens is 481 g/mol. The van der Waals surface area contributed by atoms with Gasteiger partial charge in [-0.25, -0.2) is 0 Å². The third kappa shape index (κ3) is 13.0. The second-order valence-electron chi connectivity index (χ2n) is 7.04. The highest BCUT2D eigenvalue weighted by atomic mass is 127. The Labute approximate surface area is 193 Å². The lowest BCUT2D eigenvalue weighted by Crippen LogP contribution is -2.38. The van der Waals surface area contributed by atoms with Crippen molar-refractivity contribution in [1.29, 1.82) is 0 Å². The molecular formula is C22H38IN3O3. The van der Waals surface area contributed by atoms with E-state index in [-0.39, 0.29) is 24.0 Å². The van der Waals surface area contributed by atoms with Crippen molar-refractivity contribution < 1.29 is 14.2 Å². The minimum Gasteiger partial charge on any atom is -0.494 e. The van der Waals surface area contributed by atoms with Gasteiger partial charge in [-0.3, -0.25) is 4.99 Å². The van der Waals surface area contributed by atoms with Crippen LogP contribution in [0, 0.1) is 5.92 Å². The van der Waals surface area contributed by atoms with Crippen molar-refractivity contribution in [2.45, 2.75) is 39.0 Å². The van der Waals surface area contributed by atoms with E-state index in [1.807, 2.05) is 30.3 Å². The summed E-state index contributed by atoms with van der Waals surface area (Å²) in [4.78, 5) is 4.63. The van der Waals surface area contributed by atoms with Gasteiger partial charge in [-0.05, 0) is 57.1 Å². The van der Waals surface area contributed by atoms with E-state index >= 15 is 0 Å². The number of nitrogens with one attached hydrogen (secondary N) is 2. The van der Waals surface area contributed by atoms with Crippen LogP contribution in [0.3, 0.4) is 0 Å². The molecule has 166 valence electrons. The molecule has 1 fully saturated rings. The topological polar surface area (TPSA) is 64.1 Å². The molecule has 1 aliphatic heterocycles. The van der Waals surface area contributed by atoms with Gasteiger partial charge in [0.15, 0.2) is 5.96 Å². The molecule has 0 aromatic heterocycles. The summed E-state index contributed by atoms with van der Waals surface area (Å²) in [5, 5.41) is 6.69. The van der Waals surface area contributed by atoms with Crippen LogP contribution in [0.1, 0.15) is 39.0 Å². The van der Waals surface area contributed by atoms with Gasteiger partial charge < -0.3 is 24.8 Å². The molecule has 1 aliphatic rings. The number of hydrogen-bond acceptors (Lipinski definition) is 4. The number of hydrogen-bond donors (Lipinski definition) is 2. The van der Waals surface area contributed by atoms with E-state index in [4.69, 9.17) is 14.2 Å². The van der Waals surface area contributed by atoms with Crippen molar-refractivity contribution in [1.82, 2.24) is 10.6 Å². The summed E-state index contributed by atoms with van der Waals surface area (Å²) in [6.07, 6.45) is 5.27. The zero-order valence-corrected chi connectivity index (χ0v) is 20.1. The number of halogens is 1. The first-order valence-electron chi connectivity index (χ1n) is 10.7. The lowest BCUT2D eigenvalue weighted by Gasteiger charge is -2.21. The van der Waals surface area contributed by atoms with Crippen LogP contribution in [0.2, 0.25) is 0 Å². The smallest absolute Gasteiger partial charge is 0.191 e. The molecule has 1 aromatic carbocycles. The summed E-state index contributed by atoms with van der Waals surface area (Å²) in [5.74, 6) is 2.49. The zero-order chi connectivity index (χ0) is 19.7. The molecule has 0 amide bonds. The number of guanidine groups is 1. The van der Waals surface area contributed by atoms with E-state index in [2.05, 4.69) is 22.5 Å². The van der Waals surface area contributed by atoms with Gasteiger partial charge in [0.05, 0.1) is 6.61 Å². The Morgan fingerprint density at radius 3 is 2.62 bits per heavy atom. The first-order chi connectivity index (χ1) is 13.9. The molecule has 0 bridgehead atoms. The number of benzene rings is 1. The predicted octanol–water partition coefficient (Wildman–Crippen LogP) is 3.85. The highest BCUT2D eigenvalue weighted by Gasteiger charge is 2.13. The van der Waals surface area contributed by atoms with Crippen LogP contribution in [0.5, 0.6) is 5.75 Å². The summed E-state index contributed by atoms with van der Waals surface area (Å²) in [6, 6.07) is 9.96. The van der Waals surface area contributed by atoms with Gasteiger partial charge in [0.2, 0.25) is 0 Å². The molecule has 1 saturated heterocycles. The first-order valence-corrected chi connectivity index (χ1v) is 10.7. The van der Waals surface area contributed by atoms with Crippen LogP contribution < -0.4 is 15.4 Å². The second kappa shape index (κ2) is 17.8. The Morgan fingerprint density at radius 2 is 1.86 bits per heavy atom. The highest BCUT2D eigenvalue weighted by Crippen LogP contribution is 2.14. The molecule has 0 spiro atoms. The van der Waals surface area contributed by atoms with Gasteiger partial charge in [-0.1, -0.05) is 18.2 Å². The van der Waals surface area contributed by atoms with Gasteiger partial charge in [0, 0.05) is 46.1 Å². The van der Waals surface area contributed by atoms with Gasteiger partial charge in [0.1, 0.15) is 5.75 Å². The zero-order valence-electron chi connectivity index (χ0n) is 17.7. The van der Waals surface area contributed by atoms with Crippen LogP contribution in [0.4, 0.5) is 0 Å². The molecule has 0 atom stereocenters. The van der Waals surface area contributed by atoms with Crippen molar-refractivity contribution in [3.05, 3.63) is 30.3 Å². The normalized spacial score (nSPS) is 14.9. The number of para-hydroxylation sites is 1. The van der Waals surface area contributed by atoms with Gasteiger partial charge >= 0.3 is 0 Å². The van der Waals surface area contributed by atoms with Crippen molar-refractivity contribution >= 4 is 29.9 Å². The van der Waals surface area contributed by atoms with Crippen LogP contribution in [0.15, 0.2) is 35.3 Å². The quantitative estimate of drug-likeness (QED) is 0.180. The van der Waals surface area contributed by atoms with Crippen LogP contribution >= 0.6 is 24.0 Å². The van der Waals surface area contributed by atoms with E-state index in [1.54, 1.807) is 0 Å². The van der Waals surface area contributed by atoms with Crippen LogP contribution in [-0.2, 0) is 9.47 Å². The monoisotopic (exact) mass is 519 g/mol. The Bertz CT molecular complexity index is 525. The maximum Gasteiger partial charge on any atom is 0.191 e. The number of aliphatic imine (C=N–C) groups is 1. The Balaban J connectivity index is 0.00000420. The molecule has 0 aliphatic carbocycles. The minimum atomic E-state index is 0. The van der Waals surface area contributed by atoms with Crippen LogP contribution in [-0.4, -0.2) is 58.6 Å². The number of rotatable bonds is 13. The molecule has 0 radical (unpaired) electrons. The molecule has 0 unspecified atom stereocenters. The molecule has 1 heterocycles. The third-order valence-corrected chi connectivity index (χ3v) is 4.63. The molecule has 0 saturated carbocycles. The second-order valence-corrected chi connectivity index (χ2v) is 7.04. The standard InChI is InChI=1S/C22H37N3O3.HI/c1-2-23-22(24-13-6-7-16-28-21-9-4-3-5-10-21)25-14-8-15-27-19-20-11-17-26-18-12-20;/h3-5,9-10,20H,2,6-8,11-19H2,1H3,(H2,23,24,25);1H. The molecule has 7 heteroatoms. The van der Waals surface area contributed by atoms with Gasteiger partial charge in [0.25, 0.3) is 0 Å². The number of ether oxygens (including phenoxy) is 3. The van der Waals surface area contributed by atoms with E-state index in [0.717, 1.165) is 96.5 Å². The number of unbranched alkanes of at least 4 members (excludes halogenated alkanes) is 1. The van der Waals surface area contributed by atoms with Crippen molar-refractivity contribution in [2.75, 3.05) is 52.7 Å². The molecule has 29 heavy (non-hydrogen) atoms. The van der Waals surface area contributed by atoms with Crippen LogP contribution in [0.25, 0.3) is 0 Å². The summed E-state index contributed by atoms with van der Waals surface area (Å²) in [7, 11) is 0. The Morgan fingerprint density at radius 1 is 1.07 bits per heavy atom. The largest absolute Gasteiger partial charge is 0.494 e. The fourth-order valence-corrected chi connectivity index (χ4v) is 3.00. The lowest BCUT2D eigenvalue weighted by atomic mass is 10.0. The average molecular weight is 519 g/mol. The van der Waals surface area contributed by atoms with E-state index in [9.17, 15) is 0 Å². The van der Waals surface area contributed by atoms with Gasteiger partial charge in [-0.15, -0.1) is 24.0 Å².